The van der Waals surface area contributed by atoms with Crippen LogP contribution in [0.5, 0.6) is 5.75 Å². The fourth-order valence-electron chi connectivity index (χ4n) is 2.87. The average molecular weight is 304 g/mol. The summed E-state index contributed by atoms with van der Waals surface area (Å²) in [7, 11) is 1.63. The smallest absolute Gasteiger partial charge is 0.223 e. The Morgan fingerprint density at radius 2 is 1.95 bits per heavy atom. The van der Waals surface area contributed by atoms with Gasteiger partial charge in [-0.05, 0) is 43.9 Å². The van der Waals surface area contributed by atoms with Crippen LogP contribution in [0.25, 0.3) is 0 Å². The fourth-order valence-corrected chi connectivity index (χ4v) is 2.87. The van der Waals surface area contributed by atoms with Crippen LogP contribution in [0.2, 0.25) is 0 Å². The quantitative estimate of drug-likeness (QED) is 0.900. The summed E-state index contributed by atoms with van der Waals surface area (Å²) in [5.41, 5.74) is 6.48. The van der Waals surface area contributed by atoms with Gasteiger partial charge in [-0.3, -0.25) is 9.59 Å². The Morgan fingerprint density at radius 1 is 1.27 bits per heavy atom. The number of hydrogen-bond acceptors (Lipinski definition) is 3. The van der Waals surface area contributed by atoms with Gasteiger partial charge in [0.05, 0.1) is 13.0 Å². The van der Waals surface area contributed by atoms with Crippen molar-refractivity contribution in [2.45, 2.75) is 38.6 Å². The maximum Gasteiger partial charge on any atom is 0.223 e. The first-order valence-electron chi connectivity index (χ1n) is 7.73. The third-order valence-electron chi connectivity index (χ3n) is 4.39. The van der Waals surface area contributed by atoms with E-state index in [0.717, 1.165) is 24.2 Å². The summed E-state index contributed by atoms with van der Waals surface area (Å²) >= 11 is 0. The van der Waals surface area contributed by atoms with Crippen molar-refractivity contribution in [3.8, 4) is 5.75 Å². The molecule has 2 amide bonds. The predicted molar refractivity (Wildman–Crippen MR) is 84.4 cm³/mol. The summed E-state index contributed by atoms with van der Waals surface area (Å²) in [5, 5.41) is 0. The lowest BCUT2D eigenvalue weighted by Crippen LogP contribution is -2.48. The van der Waals surface area contributed by atoms with Crippen LogP contribution in [0.15, 0.2) is 24.3 Å². The molecule has 0 spiro atoms. The van der Waals surface area contributed by atoms with Crippen molar-refractivity contribution < 1.29 is 14.3 Å². The molecular formula is C17H24N2O3. The van der Waals surface area contributed by atoms with Crippen molar-refractivity contribution in [2.24, 2.45) is 11.7 Å². The zero-order valence-electron chi connectivity index (χ0n) is 13.2. The number of ether oxygens (including phenoxy) is 1. The van der Waals surface area contributed by atoms with Gasteiger partial charge in [-0.25, -0.2) is 0 Å². The van der Waals surface area contributed by atoms with Crippen molar-refractivity contribution >= 4 is 11.8 Å². The predicted octanol–water partition coefficient (Wildman–Crippen LogP) is 1.74. The Morgan fingerprint density at radius 3 is 2.55 bits per heavy atom. The molecular weight excluding hydrogens is 280 g/mol. The molecule has 2 atom stereocenters. The van der Waals surface area contributed by atoms with Crippen LogP contribution in [0.1, 0.15) is 31.7 Å². The maximum absolute atomic E-state index is 12.4. The van der Waals surface area contributed by atoms with Gasteiger partial charge in [-0.1, -0.05) is 12.1 Å². The Kier molecular flexibility index (Phi) is 5.41. The van der Waals surface area contributed by atoms with Gasteiger partial charge >= 0.3 is 0 Å². The Bertz CT molecular complexity index is 527. The van der Waals surface area contributed by atoms with E-state index in [2.05, 4.69) is 0 Å². The van der Waals surface area contributed by atoms with Crippen LogP contribution in [0.4, 0.5) is 0 Å². The van der Waals surface area contributed by atoms with E-state index < -0.39 is 0 Å². The highest BCUT2D eigenvalue weighted by atomic mass is 16.5. The molecule has 1 fully saturated rings. The SMILES string of the molecule is COc1ccc(CCC(=O)N2C[C@H](C(N)=O)CC[C@H]2C)cc1. The highest BCUT2D eigenvalue weighted by Crippen LogP contribution is 2.23. The second-order valence-corrected chi connectivity index (χ2v) is 5.92. The molecule has 0 saturated carbocycles. The van der Waals surface area contributed by atoms with E-state index in [1.165, 1.54) is 0 Å². The number of amides is 2. The van der Waals surface area contributed by atoms with E-state index in [0.29, 0.717) is 19.4 Å². The summed E-state index contributed by atoms with van der Waals surface area (Å²) in [6, 6.07) is 7.91. The van der Waals surface area contributed by atoms with E-state index in [-0.39, 0.29) is 23.8 Å². The standard InChI is InChI=1S/C17H24N2O3/c1-12-3-7-14(17(18)21)11-19(12)16(20)10-6-13-4-8-15(22-2)9-5-13/h4-5,8-9,12,14H,3,6-7,10-11H2,1-2H3,(H2,18,21)/t12-,14-/m1/s1. The minimum atomic E-state index is -0.306. The number of piperidine rings is 1. The van der Waals surface area contributed by atoms with Gasteiger partial charge in [0.15, 0.2) is 0 Å². The van der Waals surface area contributed by atoms with Crippen LogP contribution >= 0.6 is 0 Å². The number of methoxy groups -OCH3 is 1. The van der Waals surface area contributed by atoms with Crippen molar-refractivity contribution in [3.05, 3.63) is 29.8 Å². The maximum atomic E-state index is 12.4. The first-order valence-corrected chi connectivity index (χ1v) is 7.73. The van der Waals surface area contributed by atoms with Gasteiger partial charge in [-0.2, -0.15) is 0 Å². The molecule has 1 aromatic rings. The van der Waals surface area contributed by atoms with E-state index >= 15 is 0 Å². The first kappa shape index (κ1) is 16.3. The molecule has 2 rings (SSSR count). The van der Waals surface area contributed by atoms with E-state index in [9.17, 15) is 9.59 Å². The van der Waals surface area contributed by atoms with Crippen LogP contribution < -0.4 is 10.5 Å². The highest BCUT2D eigenvalue weighted by Gasteiger charge is 2.31. The molecule has 1 heterocycles. The zero-order valence-corrected chi connectivity index (χ0v) is 13.2. The summed E-state index contributed by atoms with van der Waals surface area (Å²) in [4.78, 5) is 25.6. The minimum absolute atomic E-state index is 0.0919. The lowest BCUT2D eigenvalue weighted by Gasteiger charge is -2.37. The third kappa shape index (κ3) is 4.00. The number of benzene rings is 1. The molecule has 0 radical (unpaired) electrons. The van der Waals surface area contributed by atoms with Crippen molar-refractivity contribution in [1.82, 2.24) is 4.90 Å². The Hall–Kier alpha value is -2.04. The monoisotopic (exact) mass is 304 g/mol. The molecule has 120 valence electrons. The first-order chi connectivity index (χ1) is 10.5. The van der Waals surface area contributed by atoms with Gasteiger partial charge < -0.3 is 15.4 Å². The topological polar surface area (TPSA) is 72.6 Å². The second kappa shape index (κ2) is 7.29. The molecule has 22 heavy (non-hydrogen) atoms. The van der Waals surface area contributed by atoms with Crippen LogP contribution in [-0.2, 0) is 16.0 Å². The van der Waals surface area contributed by atoms with Gasteiger partial charge in [0.1, 0.15) is 5.75 Å². The molecule has 0 unspecified atom stereocenters. The molecule has 0 aromatic heterocycles. The fraction of sp³-hybridized carbons (Fsp3) is 0.529. The summed E-state index contributed by atoms with van der Waals surface area (Å²) in [6.07, 6.45) is 2.75. The van der Waals surface area contributed by atoms with Crippen molar-refractivity contribution in [3.63, 3.8) is 0 Å². The zero-order chi connectivity index (χ0) is 16.1. The van der Waals surface area contributed by atoms with Gasteiger partial charge in [-0.15, -0.1) is 0 Å². The van der Waals surface area contributed by atoms with Crippen LogP contribution in [0.3, 0.4) is 0 Å². The van der Waals surface area contributed by atoms with Crippen molar-refractivity contribution in [2.75, 3.05) is 13.7 Å². The number of likely N-dealkylation sites (tertiary alicyclic amines) is 1. The highest BCUT2D eigenvalue weighted by molar-refractivity contribution is 5.80. The molecule has 0 bridgehead atoms. The number of nitrogens with two attached hydrogens (primary N) is 1. The molecule has 5 nitrogen and oxygen atoms in total. The van der Waals surface area contributed by atoms with Gasteiger partial charge in [0.2, 0.25) is 11.8 Å². The minimum Gasteiger partial charge on any atom is -0.497 e. The third-order valence-corrected chi connectivity index (χ3v) is 4.39. The molecule has 1 aromatic carbocycles. The van der Waals surface area contributed by atoms with Crippen molar-refractivity contribution in [1.29, 1.82) is 0 Å². The Labute approximate surface area is 131 Å². The molecule has 2 N–H and O–H groups in total. The van der Waals surface area contributed by atoms with Crippen LogP contribution in [0, 0.1) is 5.92 Å². The van der Waals surface area contributed by atoms with Gasteiger partial charge in [0, 0.05) is 19.0 Å². The van der Waals surface area contributed by atoms with E-state index in [4.69, 9.17) is 10.5 Å². The molecule has 0 aliphatic carbocycles. The summed E-state index contributed by atoms with van der Waals surface area (Å²) in [5.74, 6) is 0.388. The lowest BCUT2D eigenvalue weighted by molar-refractivity contribution is -0.137. The van der Waals surface area contributed by atoms with E-state index in [1.807, 2.05) is 36.1 Å². The summed E-state index contributed by atoms with van der Waals surface area (Å²) in [6.45, 7) is 2.49. The number of aryl methyl sites for hydroxylation is 1. The Balaban J connectivity index is 1.91. The van der Waals surface area contributed by atoms with E-state index in [1.54, 1.807) is 7.11 Å². The number of primary amides is 1. The van der Waals surface area contributed by atoms with Crippen LogP contribution in [-0.4, -0.2) is 36.4 Å². The number of hydrogen-bond donors (Lipinski definition) is 1. The normalized spacial score (nSPS) is 21.5. The number of rotatable bonds is 5. The van der Waals surface area contributed by atoms with Gasteiger partial charge in [0.25, 0.3) is 0 Å². The largest absolute Gasteiger partial charge is 0.497 e. The molecule has 5 heteroatoms. The average Bonchev–Trinajstić information content (AvgIpc) is 2.53. The number of carbonyl (C=O) groups is 2. The number of nitrogens with zero attached hydrogens (tertiary/aromatic N) is 1. The number of carbonyl (C=O) groups excluding carboxylic acids is 2. The second-order valence-electron chi connectivity index (χ2n) is 5.92. The molecule has 1 aliphatic rings. The molecule has 1 aliphatic heterocycles. The molecule has 1 saturated heterocycles. The summed E-state index contributed by atoms with van der Waals surface area (Å²) < 4.78 is 5.12. The lowest BCUT2D eigenvalue weighted by atomic mass is 9.92.